The van der Waals surface area contributed by atoms with Crippen molar-refractivity contribution in [1.82, 2.24) is 15.2 Å². The van der Waals surface area contributed by atoms with Crippen molar-refractivity contribution in [3.63, 3.8) is 0 Å². The number of ether oxygens (including phenoxy) is 1. The molecule has 142 valence electrons. The monoisotopic (exact) mass is 361 g/mol. The van der Waals surface area contributed by atoms with Crippen LogP contribution in [0.3, 0.4) is 0 Å². The first kappa shape index (κ1) is 19.9. The maximum Gasteiger partial charge on any atom is 0.313 e. The quantitative estimate of drug-likeness (QED) is 0.642. The highest BCUT2D eigenvalue weighted by atomic mass is 16.5. The number of methoxy groups -OCH3 is 1. The van der Waals surface area contributed by atoms with Crippen molar-refractivity contribution in [3.8, 4) is 0 Å². The van der Waals surface area contributed by atoms with E-state index >= 15 is 0 Å². The van der Waals surface area contributed by atoms with Crippen LogP contribution >= 0.6 is 0 Å². The lowest BCUT2D eigenvalue weighted by atomic mass is 9.81. The van der Waals surface area contributed by atoms with Crippen LogP contribution in [0, 0.1) is 11.3 Å². The van der Waals surface area contributed by atoms with E-state index in [2.05, 4.69) is 10.3 Å². The van der Waals surface area contributed by atoms with Crippen molar-refractivity contribution < 1.29 is 19.1 Å². The average Bonchev–Trinajstić information content (AvgIpc) is 2.95. The zero-order valence-electron chi connectivity index (χ0n) is 16.0. The van der Waals surface area contributed by atoms with Crippen LogP contribution in [0.1, 0.15) is 33.3 Å². The van der Waals surface area contributed by atoms with Gasteiger partial charge in [-0.15, -0.1) is 0 Å². The fraction of sp³-hybridized carbons (Fsp3) is 0.579. The molecule has 0 spiro atoms. The van der Waals surface area contributed by atoms with E-state index in [0.717, 1.165) is 5.56 Å². The number of likely N-dealkylation sites (tertiary alicyclic amines) is 1. The summed E-state index contributed by atoms with van der Waals surface area (Å²) in [6.07, 6.45) is 3.44. The number of nitrogens with one attached hydrogen (secondary N) is 1. The predicted octanol–water partition coefficient (Wildman–Crippen LogP) is 1.13. The van der Waals surface area contributed by atoms with Gasteiger partial charge in [-0.1, -0.05) is 26.8 Å². The number of pyridine rings is 1. The maximum atomic E-state index is 12.5. The molecule has 0 aromatic carbocycles. The Hall–Kier alpha value is -2.44. The van der Waals surface area contributed by atoms with E-state index in [9.17, 15) is 14.4 Å². The number of hydrogen-bond acceptors (Lipinski definition) is 5. The van der Waals surface area contributed by atoms with Crippen LogP contribution in [0.15, 0.2) is 24.5 Å². The van der Waals surface area contributed by atoms with Crippen LogP contribution < -0.4 is 5.32 Å². The Morgan fingerprint density at radius 1 is 1.42 bits per heavy atom. The lowest BCUT2D eigenvalue weighted by Gasteiger charge is -2.26. The molecule has 7 nitrogen and oxygen atoms in total. The van der Waals surface area contributed by atoms with Gasteiger partial charge in [0.25, 0.3) is 0 Å². The SMILES string of the molecule is COC(=O)[C@@]1(C)CN(C(=O)C(=O)NCC(C)(C)c2cccnc2)C[C@@H]1C. The molecular weight excluding hydrogens is 334 g/mol. The molecule has 1 saturated heterocycles. The minimum absolute atomic E-state index is 0.0847. The fourth-order valence-corrected chi connectivity index (χ4v) is 3.19. The second kappa shape index (κ2) is 7.43. The zero-order valence-corrected chi connectivity index (χ0v) is 16.0. The molecule has 0 aliphatic carbocycles. The smallest absolute Gasteiger partial charge is 0.313 e. The third kappa shape index (κ3) is 3.86. The number of aromatic nitrogens is 1. The molecule has 2 amide bonds. The molecule has 0 unspecified atom stereocenters. The molecule has 1 aromatic rings. The van der Waals surface area contributed by atoms with Crippen LogP contribution in [-0.4, -0.2) is 54.4 Å². The van der Waals surface area contributed by atoms with Crippen LogP contribution in [0.25, 0.3) is 0 Å². The van der Waals surface area contributed by atoms with E-state index in [4.69, 9.17) is 4.74 Å². The van der Waals surface area contributed by atoms with Gasteiger partial charge in [0.05, 0.1) is 12.5 Å². The van der Waals surface area contributed by atoms with Crippen LogP contribution in [-0.2, 0) is 24.5 Å². The van der Waals surface area contributed by atoms with Gasteiger partial charge in [-0.05, 0) is 24.5 Å². The highest BCUT2D eigenvalue weighted by Gasteiger charge is 2.49. The summed E-state index contributed by atoms with van der Waals surface area (Å²) in [6.45, 7) is 8.43. The lowest BCUT2D eigenvalue weighted by Crippen LogP contribution is -2.46. The number of nitrogens with zero attached hydrogens (tertiary/aromatic N) is 2. The van der Waals surface area contributed by atoms with Gasteiger partial charge < -0.3 is 15.0 Å². The van der Waals surface area contributed by atoms with Crippen molar-refractivity contribution in [2.75, 3.05) is 26.7 Å². The van der Waals surface area contributed by atoms with Gasteiger partial charge in [0, 0.05) is 37.4 Å². The van der Waals surface area contributed by atoms with Crippen LogP contribution in [0.5, 0.6) is 0 Å². The summed E-state index contributed by atoms with van der Waals surface area (Å²) >= 11 is 0. The van der Waals surface area contributed by atoms with Gasteiger partial charge in [0.2, 0.25) is 0 Å². The Morgan fingerprint density at radius 3 is 2.69 bits per heavy atom. The summed E-state index contributed by atoms with van der Waals surface area (Å²) < 4.78 is 4.85. The summed E-state index contributed by atoms with van der Waals surface area (Å²) in [5.41, 5.74) is -0.177. The number of carbonyl (C=O) groups is 3. The van der Waals surface area contributed by atoms with E-state index in [0.29, 0.717) is 13.1 Å². The van der Waals surface area contributed by atoms with Crippen molar-refractivity contribution in [2.24, 2.45) is 11.3 Å². The number of carbonyl (C=O) groups excluding carboxylic acids is 3. The minimum Gasteiger partial charge on any atom is -0.469 e. The second-order valence-electron chi connectivity index (χ2n) is 7.80. The van der Waals surface area contributed by atoms with Gasteiger partial charge in [-0.3, -0.25) is 19.4 Å². The first-order chi connectivity index (χ1) is 12.1. The summed E-state index contributed by atoms with van der Waals surface area (Å²) in [4.78, 5) is 42.4. The first-order valence-corrected chi connectivity index (χ1v) is 8.68. The fourth-order valence-electron chi connectivity index (χ4n) is 3.19. The zero-order chi connectivity index (χ0) is 19.5. The van der Waals surface area contributed by atoms with Crippen LogP contribution in [0.4, 0.5) is 0 Å². The minimum atomic E-state index is -0.792. The van der Waals surface area contributed by atoms with Gasteiger partial charge in [-0.2, -0.15) is 0 Å². The molecular formula is C19H27N3O4. The van der Waals surface area contributed by atoms with Gasteiger partial charge in [-0.25, -0.2) is 0 Å². The van der Waals surface area contributed by atoms with Crippen molar-refractivity contribution >= 4 is 17.8 Å². The number of esters is 1. The van der Waals surface area contributed by atoms with E-state index < -0.39 is 17.2 Å². The molecule has 1 fully saturated rings. The Bertz CT molecular complexity index is 689. The molecule has 2 rings (SSSR count). The number of amides is 2. The molecule has 7 heteroatoms. The molecule has 1 N–H and O–H groups in total. The number of rotatable bonds is 4. The van der Waals surface area contributed by atoms with Gasteiger partial charge in [0.1, 0.15) is 0 Å². The van der Waals surface area contributed by atoms with E-state index in [1.54, 1.807) is 19.3 Å². The molecule has 1 aromatic heterocycles. The highest BCUT2D eigenvalue weighted by Crippen LogP contribution is 2.36. The second-order valence-corrected chi connectivity index (χ2v) is 7.80. The molecule has 1 aliphatic rings. The topological polar surface area (TPSA) is 88.6 Å². The largest absolute Gasteiger partial charge is 0.469 e. The highest BCUT2D eigenvalue weighted by molar-refractivity contribution is 6.35. The van der Waals surface area contributed by atoms with Gasteiger partial charge in [0.15, 0.2) is 0 Å². The summed E-state index contributed by atoms with van der Waals surface area (Å²) in [6, 6.07) is 3.77. The third-order valence-electron chi connectivity index (χ3n) is 5.37. The lowest BCUT2D eigenvalue weighted by molar-refractivity contribution is -0.153. The number of hydrogen-bond donors (Lipinski definition) is 1. The molecule has 0 saturated carbocycles. The summed E-state index contributed by atoms with van der Waals surface area (Å²) in [5, 5.41) is 2.71. The standard InChI is InChI=1S/C19H27N3O4/c1-13-10-22(12-19(13,4)17(25)26-5)16(24)15(23)21-11-18(2,3)14-7-6-8-20-9-14/h6-9,13H,10-12H2,1-5H3,(H,21,23)/t13-,19-/m0/s1. The van der Waals surface area contributed by atoms with E-state index in [1.165, 1.54) is 12.0 Å². The van der Waals surface area contributed by atoms with Crippen LogP contribution in [0.2, 0.25) is 0 Å². The maximum absolute atomic E-state index is 12.5. The Kier molecular flexibility index (Phi) is 5.68. The molecule has 0 bridgehead atoms. The van der Waals surface area contributed by atoms with Crippen molar-refractivity contribution in [1.29, 1.82) is 0 Å². The Morgan fingerprint density at radius 2 is 2.12 bits per heavy atom. The predicted molar refractivity (Wildman–Crippen MR) is 96.1 cm³/mol. The molecule has 0 radical (unpaired) electrons. The summed E-state index contributed by atoms with van der Waals surface area (Å²) in [7, 11) is 1.33. The van der Waals surface area contributed by atoms with Crippen molar-refractivity contribution in [2.45, 2.75) is 33.1 Å². The Balaban J connectivity index is 1.98. The first-order valence-electron chi connectivity index (χ1n) is 8.68. The van der Waals surface area contributed by atoms with Crippen molar-refractivity contribution in [3.05, 3.63) is 30.1 Å². The van der Waals surface area contributed by atoms with E-state index in [1.807, 2.05) is 32.9 Å². The van der Waals surface area contributed by atoms with Gasteiger partial charge >= 0.3 is 17.8 Å². The molecule has 2 heterocycles. The molecule has 26 heavy (non-hydrogen) atoms. The van der Waals surface area contributed by atoms with E-state index in [-0.39, 0.29) is 23.8 Å². The normalized spacial score (nSPS) is 22.8. The molecule has 1 aliphatic heterocycles. The average molecular weight is 361 g/mol. The third-order valence-corrected chi connectivity index (χ3v) is 5.37. The Labute approximate surface area is 154 Å². The molecule has 2 atom stereocenters. The summed E-state index contributed by atoms with van der Waals surface area (Å²) in [5.74, 6) is -1.73.